The SMILES string of the molecule is O=c1cc(Cl)ncn1CCc1ccccc1[N+](=O)[O-]. The fraction of sp³-hybridized carbons (Fsp3) is 0.167. The van der Waals surface area contributed by atoms with Gasteiger partial charge in [0.1, 0.15) is 5.15 Å². The standard InChI is InChI=1S/C12H10ClN3O3/c13-11-7-12(17)15(8-14-11)6-5-9-3-1-2-4-10(9)16(18)19/h1-4,7-8H,5-6H2. The van der Waals surface area contributed by atoms with Crippen LogP contribution in [0.4, 0.5) is 5.69 Å². The van der Waals surface area contributed by atoms with Crippen molar-refractivity contribution in [1.29, 1.82) is 0 Å². The van der Waals surface area contributed by atoms with E-state index >= 15 is 0 Å². The number of hydrogen-bond donors (Lipinski definition) is 0. The molecule has 2 aromatic rings. The second kappa shape index (κ2) is 5.62. The van der Waals surface area contributed by atoms with Crippen molar-refractivity contribution in [2.45, 2.75) is 13.0 Å². The zero-order valence-corrected chi connectivity index (χ0v) is 10.6. The molecule has 0 amide bonds. The molecule has 1 aromatic heterocycles. The molecule has 0 fully saturated rings. The lowest BCUT2D eigenvalue weighted by Gasteiger charge is -2.05. The predicted octanol–water partition coefficient (Wildman–Crippen LogP) is 2.05. The third-order valence-corrected chi connectivity index (χ3v) is 2.86. The highest BCUT2D eigenvalue weighted by molar-refractivity contribution is 6.29. The summed E-state index contributed by atoms with van der Waals surface area (Å²) >= 11 is 5.59. The molecule has 7 heteroatoms. The van der Waals surface area contributed by atoms with Crippen LogP contribution in [0.25, 0.3) is 0 Å². The Labute approximate surface area is 113 Å². The first-order chi connectivity index (χ1) is 9.08. The summed E-state index contributed by atoms with van der Waals surface area (Å²) in [6, 6.07) is 7.66. The van der Waals surface area contributed by atoms with E-state index in [9.17, 15) is 14.9 Å². The second-order valence-corrected chi connectivity index (χ2v) is 4.27. The van der Waals surface area contributed by atoms with Gasteiger partial charge >= 0.3 is 0 Å². The molecule has 0 saturated heterocycles. The van der Waals surface area contributed by atoms with Crippen LogP contribution >= 0.6 is 11.6 Å². The zero-order chi connectivity index (χ0) is 13.8. The van der Waals surface area contributed by atoms with Gasteiger partial charge in [-0.1, -0.05) is 29.8 Å². The van der Waals surface area contributed by atoms with Gasteiger partial charge in [-0.05, 0) is 6.42 Å². The van der Waals surface area contributed by atoms with E-state index in [2.05, 4.69) is 4.98 Å². The van der Waals surface area contributed by atoms with Crippen LogP contribution in [0.3, 0.4) is 0 Å². The molecule has 0 bridgehead atoms. The quantitative estimate of drug-likeness (QED) is 0.487. The van der Waals surface area contributed by atoms with E-state index in [1.807, 2.05) is 0 Å². The fourth-order valence-corrected chi connectivity index (χ4v) is 1.85. The first-order valence-electron chi connectivity index (χ1n) is 5.52. The van der Waals surface area contributed by atoms with E-state index in [4.69, 9.17) is 11.6 Å². The fourth-order valence-electron chi connectivity index (χ4n) is 1.71. The van der Waals surface area contributed by atoms with Crippen molar-refractivity contribution < 1.29 is 4.92 Å². The maximum Gasteiger partial charge on any atom is 0.272 e. The first-order valence-corrected chi connectivity index (χ1v) is 5.90. The highest BCUT2D eigenvalue weighted by Gasteiger charge is 2.12. The van der Waals surface area contributed by atoms with Crippen LogP contribution in [-0.2, 0) is 13.0 Å². The largest absolute Gasteiger partial charge is 0.299 e. The van der Waals surface area contributed by atoms with Crippen molar-refractivity contribution in [2.24, 2.45) is 0 Å². The van der Waals surface area contributed by atoms with Gasteiger partial charge in [-0.2, -0.15) is 0 Å². The summed E-state index contributed by atoms with van der Waals surface area (Å²) in [5.41, 5.74) is 0.352. The normalized spacial score (nSPS) is 10.4. The van der Waals surface area contributed by atoms with Crippen molar-refractivity contribution in [3.05, 3.63) is 67.8 Å². The number of aromatic nitrogens is 2. The highest BCUT2D eigenvalue weighted by atomic mass is 35.5. The van der Waals surface area contributed by atoms with Gasteiger partial charge < -0.3 is 0 Å². The minimum atomic E-state index is -0.432. The molecule has 0 aliphatic heterocycles. The van der Waals surface area contributed by atoms with Crippen molar-refractivity contribution in [3.63, 3.8) is 0 Å². The highest BCUT2D eigenvalue weighted by Crippen LogP contribution is 2.18. The minimum absolute atomic E-state index is 0.0532. The number of nitro groups is 1. The molecule has 0 saturated carbocycles. The van der Waals surface area contributed by atoms with Gasteiger partial charge in [0.25, 0.3) is 11.2 Å². The van der Waals surface area contributed by atoms with E-state index in [-0.39, 0.29) is 16.4 Å². The average Bonchev–Trinajstić information content (AvgIpc) is 2.38. The molecule has 6 nitrogen and oxygen atoms in total. The Bertz CT molecular complexity index is 669. The Hall–Kier alpha value is -2.21. The van der Waals surface area contributed by atoms with Gasteiger partial charge in [-0.15, -0.1) is 0 Å². The maximum absolute atomic E-state index is 11.6. The van der Waals surface area contributed by atoms with Gasteiger partial charge in [0.15, 0.2) is 0 Å². The molecule has 2 rings (SSSR count). The summed E-state index contributed by atoms with van der Waals surface area (Å²) in [7, 11) is 0. The molecule has 0 unspecified atom stereocenters. The number of halogens is 1. The van der Waals surface area contributed by atoms with Gasteiger partial charge in [0.05, 0.1) is 11.3 Å². The Morgan fingerprint density at radius 3 is 2.79 bits per heavy atom. The van der Waals surface area contributed by atoms with Gasteiger partial charge in [-0.25, -0.2) is 4.98 Å². The molecular formula is C12H10ClN3O3. The zero-order valence-electron chi connectivity index (χ0n) is 9.82. The number of para-hydroxylation sites is 1. The third kappa shape index (κ3) is 3.17. The summed E-state index contributed by atoms with van der Waals surface area (Å²) in [5, 5.41) is 11.0. The number of nitro benzene ring substituents is 1. The van der Waals surface area contributed by atoms with Gasteiger partial charge in [0, 0.05) is 24.2 Å². The first kappa shape index (κ1) is 13.2. The number of hydrogen-bond acceptors (Lipinski definition) is 4. The van der Waals surface area contributed by atoms with Crippen LogP contribution in [-0.4, -0.2) is 14.5 Å². The number of nitrogens with zero attached hydrogens (tertiary/aromatic N) is 3. The molecule has 0 spiro atoms. The predicted molar refractivity (Wildman–Crippen MR) is 70.3 cm³/mol. The Kier molecular flexibility index (Phi) is 3.91. The topological polar surface area (TPSA) is 78.0 Å². The molecule has 0 aliphatic rings. The molecule has 98 valence electrons. The van der Waals surface area contributed by atoms with Crippen LogP contribution < -0.4 is 5.56 Å². The van der Waals surface area contributed by atoms with E-state index in [0.717, 1.165) is 0 Å². The number of aryl methyl sites for hydroxylation is 2. The second-order valence-electron chi connectivity index (χ2n) is 3.88. The molecular weight excluding hydrogens is 270 g/mol. The summed E-state index contributed by atoms with van der Waals surface area (Å²) < 4.78 is 1.36. The number of rotatable bonds is 4. The third-order valence-electron chi connectivity index (χ3n) is 2.66. The van der Waals surface area contributed by atoms with Gasteiger partial charge in [0.2, 0.25) is 0 Å². The lowest BCUT2D eigenvalue weighted by atomic mass is 10.1. The summed E-state index contributed by atoms with van der Waals surface area (Å²) in [6.45, 7) is 0.313. The Morgan fingerprint density at radius 1 is 1.37 bits per heavy atom. The number of benzene rings is 1. The van der Waals surface area contributed by atoms with Crippen molar-refractivity contribution in [3.8, 4) is 0 Å². The van der Waals surface area contributed by atoms with Crippen LogP contribution in [0.2, 0.25) is 5.15 Å². The van der Waals surface area contributed by atoms with E-state index in [1.54, 1.807) is 18.2 Å². The van der Waals surface area contributed by atoms with Crippen molar-refractivity contribution >= 4 is 17.3 Å². The van der Waals surface area contributed by atoms with E-state index in [1.165, 1.54) is 23.0 Å². The summed E-state index contributed by atoms with van der Waals surface area (Å²) in [4.78, 5) is 25.8. The minimum Gasteiger partial charge on any atom is -0.299 e. The van der Waals surface area contributed by atoms with Crippen LogP contribution in [0.15, 0.2) is 41.5 Å². The smallest absolute Gasteiger partial charge is 0.272 e. The summed E-state index contributed by atoms with van der Waals surface area (Å²) in [6.07, 6.45) is 1.71. The van der Waals surface area contributed by atoms with Crippen LogP contribution in [0.5, 0.6) is 0 Å². The monoisotopic (exact) mass is 279 g/mol. The summed E-state index contributed by atoms with van der Waals surface area (Å²) in [5.74, 6) is 0. The van der Waals surface area contributed by atoms with Crippen molar-refractivity contribution in [2.75, 3.05) is 0 Å². The molecule has 1 heterocycles. The van der Waals surface area contributed by atoms with E-state index < -0.39 is 4.92 Å². The molecule has 19 heavy (non-hydrogen) atoms. The maximum atomic E-state index is 11.6. The van der Waals surface area contributed by atoms with E-state index in [0.29, 0.717) is 18.5 Å². The lowest BCUT2D eigenvalue weighted by Crippen LogP contribution is -2.20. The van der Waals surface area contributed by atoms with Crippen LogP contribution in [0, 0.1) is 10.1 Å². The Balaban J connectivity index is 2.19. The van der Waals surface area contributed by atoms with Crippen molar-refractivity contribution in [1.82, 2.24) is 9.55 Å². The average molecular weight is 280 g/mol. The van der Waals surface area contributed by atoms with Gasteiger partial charge in [-0.3, -0.25) is 19.5 Å². The van der Waals surface area contributed by atoms with Crippen LogP contribution in [0.1, 0.15) is 5.56 Å². The molecule has 0 radical (unpaired) electrons. The molecule has 0 N–H and O–H groups in total. The molecule has 0 atom stereocenters. The Morgan fingerprint density at radius 2 is 2.11 bits per heavy atom. The molecule has 1 aromatic carbocycles. The lowest BCUT2D eigenvalue weighted by molar-refractivity contribution is -0.385. The molecule has 0 aliphatic carbocycles.